The number of nitrogens with one attached hydrogen (secondary N) is 2. The number of aryl methyl sites for hydroxylation is 1. The number of phenolic OH excluding ortho intramolecular Hbond substituents is 1. The minimum absolute atomic E-state index is 0.0262. The lowest BCUT2D eigenvalue weighted by Gasteiger charge is -2.15. The van der Waals surface area contributed by atoms with Crippen LogP contribution in [0.1, 0.15) is 28.8 Å². The highest BCUT2D eigenvalue weighted by Crippen LogP contribution is 2.24. The van der Waals surface area contributed by atoms with Crippen LogP contribution in [0.25, 0.3) is 0 Å². The molecule has 3 rings (SSSR count). The van der Waals surface area contributed by atoms with E-state index in [4.69, 9.17) is 0 Å². The summed E-state index contributed by atoms with van der Waals surface area (Å²) in [5.74, 6) is -0.774. The number of amides is 3. The van der Waals surface area contributed by atoms with Gasteiger partial charge in [0.1, 0.15) is 5.75 Å². The molecule has 0 atom stereocenters. The molecule has 0 unspecified atom stereocenters. The van der Waals surface area contributed by atoms with Gasteiger partial charge < -0.3 is 20.6 Å². The van der Waals surface area contributed by atoms with Crippen LogP contribution >= 0.6 is 0 Å². The second kappa shape index (κ2) is 7.90. The summed E-state index contributed by atoms with van der Waals surface area (Å²) in [5.41, 5.74) is 2.33. The number of hydrogen-bond donors (Lipinski definition) is 3. The first-order valence-corrected chi connectivity index (χ1v) is 8.72. The summed E-state index contributed by atoms with van der Waals surface area (Å²) in [6.45, 7) is 2.30. The van der Waals surface area contributed by atoms with Gasteiger partial charge in [-0.1, -0.05) is 6.07 Å². The number of benzene rings is 2. The normalized spacial score (nSPS) is 13.5. The highest BCUT2D eigenvalue weighted by molar-refractivity contribution is 6.00. The average Bonchev–Trinajstić information content (AvgIpc) is 3.08. The second-order valence-electron chi connectivity index (χ2n) is 6.45. The minimum Gasteiger partial charge on any atom is -0.506 e. The fraction of sp³-hybridized carbons (Fsp3) is 0.250. The fourth-order valence-electron chi connectivity index (χ4n) is 2.92. The van der Waals surface area contributed by atoms with Crippen molar-refractivity contribution in [3.8, 4) is 5.75 Å². The Morgan fingerprint density at radius 3 is 2.52 bits per heavy atom. The van der Waals surface area contributed by atoms with Crippen LogP contribution in [0.15, 0.2) is 42.5 Å². The van der Waals surface area contributed by atoms with Crippen LogP contribution in [0.2, 0.25) is 0 Å². The Morgan fingerprint density at radius 1 is 1.15 bits per heavy atom. The standard InChI is InChI=1S/C20H21N3O4/c1-13-4-9-16(17(24)11-13)22-18(25)12-21-20(27)14-5-7-15(8-6-14)23-10-2-3-19(23)26/h4-9,11,24H,2-3,10,12H2,1H3,(H,21,27)(H,22,25). The van der Waals surface area contributed by atoms with Crippen molar-refractivity contribution in [3.05, 3.63) is 53.6 Å². The number of carbonyl (C=O) groups is 3. The van der Waals surface area contributed by atoms with E-state index in [0.717, 1.165) is 17.7 Å². The van der Waals surface area contributed by atoms with Crippen LogP contribution < -0.4 is 15.5 Å². The molecular formula is C20H21N3O4. The Kier molecular flexibility index (Phi) is 5.40. The van der Waals surface area contributed by atoms with Crippen molar-refractivity contribution in [2.75, 3.05) is 23.3 Å². The number of hydrogen-bond acceptors (Lipinski definition) is 4. The van der Waals surface area contributed by atoms with Gasteiger partial charge in [-0.2, -0.15) is 0 Å². The molecule has 3 N–H and O–H groups in total. The van der Waals surface area contributed by atoms with Crippen molar-refractivity contribution in [1.82, 2.24) is 5.32 Å². The average molecular weight is 367 g/mol. The topological polar surface area (TPSA) is 98.7 Å². The van der Waals surface area contributed by atoms with E-state index in [0.29, 0.717) is 24.2 Å². The van der Waals surface area contributed by atoms with Gasteiger partial charge in [0.05, 0.1) is 12.2 Å². The number of nitrogens with zero attached hydrogens (tertiary/aromatic N) is 1. The maximum absolute atomic E-state index is 12.2. The first kappa shape index (κ1) is 18.4. The van der Waals surface area contributed by atoms with Crippen molar-refractivity contribution in [2.45, 2.75) is 19.8 Å². The molecule has 0 radical (unpaired) electrons. The number of phenols is 1. The number of anilines is 2. The molecule has 1 aliphatic rings. The quantitative estimate of drug-likeness (QED) is 0.706. The lowest BCUT2D eigenvalue weighted by atomic mass is 10.2. The van der Waals surface area contributed by atoms with Gasteiger partial charge in [0, 0.05) is 24.2 Å². The molecule has 7 heteroatoms. The van der Waals surface area contributed by atoms with Gasteiger partial charge in [-0.3, -0.25) is 14.4 Å². The summed E-state index contributed by atoms with van der Waals surface area (Å²) in [6, 6.07) is 11.6. The zero-order valence-electron chi connectivity index (χ0n) is 15.0. The molecule has 3 amide bonds. The van der Waals surface area contributed by atoms with Crippen LogP contribution in [0.5, 0.6) is 5.75 Å². The second-order valence-corrected chi connectivity index (χ2v) is 6.45. The van der Waals surface area contributed by atoms with Gasteiger partial charge in [0.25, 0.3) is 5.91 Å². The predicted octanol–water partition coefficient (Wildman–Crippen LogP) is 2.20. The summed E-state index contributed by atoms with van der Waals surface area (Å²) >= 11 is 0. The maximum Gasteiger partial charge on any atom is 0.251 e. The van der Waals surface area contributed by atoms with Crippen molar-refractivity contribution in [3.63, 3.8) is 0 Å². The number of rotatable bonds is 5. The first-order valence-electron chi connectivity index (χ1n) is 8.72. The summed E-state index contributed by atoms with van der Waals surface area (Å²) in [4.78, 5) is 37.6. The summed E-state index contributed by atoms with van der Waals surface area (Å²) in [5, 5.41) is 14.9. The third kappa shape index (κ3) is 4.44. The molecule has 0 spiro atoms. The zero-order chi connectivity index (χ0) is 19.4. The van der Waals surface area contributed by atoms with Crippen molar-refractivity contribution < 1.29 is 19.5 Å². The van der Waals surface area contributed by atoms with Crippen LogP contribution in [0.4, 0.5) is 11.4 Å². The van der Waals surface area contributed by atoms with E-state index in [1.54, 1.807) is 47.4 Å². The van der Waals surface area contributed by atoms with E-state index < -0.39 is 11.8 Å². The molecule has 1 aliphatic heterocycles. The van der Waals surface area contributed by atoms with E-state index in [9.17, 15) is 19.5 Å². The number of aromatic hydroxyl groups is 1. The minimum atomic E-state index is -0.443. The summed E-state index contributed by atoms with van der Waals surface area (Å²) in [6.07, 6.45) is 1.39. The highest BCUT2D eigenvalue weighted by Gasteiger charge is 2.21. The van der Waals surface area contributed by atoms with Crippen molar-refractivity contribution in [1.29, 1.82) is 0 Å². The molecule has 2 aromatic carbocycles. The van der Waals surface area contributed by atoms with Crippen LogP contribution in [-0.2, 0) is 9.59 Å². The van der Waals surface area contributed by atoms with E-state index in [1.165, 1.54) is 0 Å². The van der Waals surface area contributed by atoms with Crippen LogP contribution in [0, 0.1) is 6.92 Å². The predicted molar refractivity (Wildman–Crippen MR) is 102 cm³/mol. The molecule has 1 fully saturated rings. The third-order valence-electron chi connectivity index (χ3n) is 4.35. The summed E-state index contributed by atoms with van der Waals surface area (Å²) in [7, 11) is 0. The van der Waals surface area contributed by atoms with Gasteiger partial charge in [-0.25, -0.2) is 0 Å². The van der Waals surface area contributed by atoms with Gasteiger partial charge in [0.15, 0.2) is 0 Å². The van der Waals surface area contributed by atoms with E-state index >= 15 is 0 Å². The molecule has 0 aromatic heterocycles. The molecule has 7 nitrogen and oxygen atoms in total. The monoisotopic (exact) mass is 367 g/mol. The Morgan fingerprint density at radius 2 is 1.89 bits per heavy atom. The van der Waals surface area contributed by atoms with Crippen LogP contribution in [-0.4, -0.2) is 35.9 Å². The molecule has 0 aliphatic carbocycles. The Labute approximate surface area is 157 Å². The Bertz CT molecular complexity index is 877. The fourth-order valence-corrected chi connectivity index (χ4v) is 2.92. The third-order valence-corrected chi connectivity index (χ3v) is 4.35. The molecular weight excluding hydrogens is 346 g/mol. The molecule has 27 heavy (non-hydrogen) atoms. The van der Waals surface area contributed by atoms with E-state index in [-0.39, 0.29) is 18.2 Å². The maximum atomic E-state index is 12.2. The lowest BCUT2D eigenvalue weighted by molar-refractivity contribution is -0.117. The molecule has 140 valence electrons. The van der Waals surface area contributed by atoms with Gasteiger partial charge >= 0.3 is 0 Å². The molecule has 1 saturated heterocycles. The largest absolute Gasteiger partial charge is 0.506 e. The van der Waals surface area contributed by atoms with Gasteiger partial charge in [0.2, 0.25) is 11.8 Å². The molecule has 2 aromatic rings. The molecule has 1 heterocycles. The first-order chi connectivity index (χ1) is 12.9. The molecule has 0 saturated carbocycles. The zero-order valence-corrected chi connectivity index (χ0v) is 15.0. The van der Waals surface area contributed by atoms with E-state index in [1.807, 2.05) is 6.92 Å². The lowest BCUT2D eigenvalue weighted by Crippen LogP contribution is -2.33. The van der Waals surface area contributed by atoms with Crippen molar-refractivity contribution in [2.24, 2.45) is 0 Å². The summed E-state index contributed by atoms with van der Waals surface area (Å²) < 4.78 is 0. The highest BCUT2D eigenvalue weighted by atomic mass is 16.3. The number of carbonyl (C=O) groups excluding carboxylic acids is 3. The molecule has 0 bridgehead atoms. The Balaban J connectivity index is 1.54. The van der Waals surface area contributed by atoms with Gasteiger partial charge in [-0.05, 0) is 55.3 Å². The van der Waals surface area contributed by atoms with Crippen LogP contribution in [0.3, 0.4) is 0 Å². The van der Waals surface area contributed by atoms with Gasteiger partial charge in [-0.15, -0.1) is 0 Å². The van der Waals surface area contributed by atoms with Crippen molar-refractivity contribution >= 4 is 29.1 Å². The Hall–Kier alpha value is -3.35. The SMILES string of the molecule is Cc1ccc(NC(=O)CNC(=O)c2ccc(N3CCCC3=O)cc2)c(O)c1. The van der Waals surface area contributed by atoms with E-state index in [2.05, 4.69) is 10.6 Å². The smallest absolute Gasteiger partial charge is 0.251 e.